The molecule has 2 nitrogen and oxygen atoms in total. The zero-order valence-corrected chi connectivity index (χ0v) is 12.2. The number of hydrogen-bond acceptors (Lipinski definition) is 2. The van der Waals surface area contributed by atoms with Gasteiger partial charge in [0.2, 0.25) is 0 Å². The van der Waals surface area contributed by atoms with Crippen molar-refractivity contribution in [3.05, 3.63) is 65.2 Å². The lowest BCUT2D eigenvalue weighted by Crippen LogP contribution is -2.08. The number of alkyl halides is 3. The summed E-state index contributed by atoms with van der Waals surface area (Å²) in [4.78, 5) is 0. The molecule has 0 saturated heterocycles. The van der Waals surface area contributed by atoms with E-state index in [0.29, 0.717) is 6.42 Å². The molecule has 0 radical (unpaired) electrons. The fourth-order valence-electron chi connectivity index (χ4n) is 2.19. The van der Waals surface area contributed by atoms with E-state index in [0.717, 1.165) is 28.9 Å². The highest BCUT2D eigenvalue weighted by molar-refractivity contribution is 5.47. The van der Waals surface area contributed by atoms with Crippen molar-refractivity contribution in [2.75, 3.05) is 11.9 Å². The largest absolute Gasteiger partial charge is 0.416 e. The molecule has 2 N–H and O–H groups in total. The van der Waals surface area contributed by atoms with Crippen molar-refractivity contribution in [3.63, 3.8) is 0 Å². The highest BCUT2D eigenvalue weighted by Crippen LogP contribution is 2.30. The molecule has 0 saturated carbocycles. The molecule has 0 aliphatic heterocycles. The van der Waals surface area contributed by atoms with E-state index in [1.807, 2.05) is 31.2 Å². The summed E-state index contributed by atoms with van der Waals surface area (Å²) >= 11 is 0. The zero-order chi connectivity index (χ0) is 16.2. The Bertz CT molecular complexity index is 591. The Morgan fingerprint density at radius 2 is 1.59 bits per heavy atom. The number of aliphatic hydroxyl groups excluding tert-OH is 1. The summed E-state index contributed by atoms with van der Waals surface area (Å²) < 4.78 is 37.6. The highest BCUT2D eigenvalue weighted by Gasteiger charge is 2.30. The van der Waals surface area contributed by atoms with Gasteiger partial charge < -0.3 is 10.4 Å². The topological polar surface area (TPSA) is 32.3 Å². The van der Waals surface area contributed by atoms with Crippen molar-refractivity contribution in [1.82, 2.24) is 0 Å². The van der Waals surface area contributed by atoms with E-state index >= 15 is 0 Å². The fourth-order valence-corrected chi connectivity index (χ4v) is 2.19. The minimum absolute atomic E-state index is 0.106. The average molecular weight is 309 g/mol. The number of rotatable bonds is 5. The molecule has 0 aromatic heterocycles. The summed E-state index contributed by atoms with van der Waals surface area (Å²) in [5, 5.41) is 12.1. The second kappa shape index (κ2) is 6.83. The maximum absolute atomic E-state index is 12.5. The van der Waals surface area contributed by atoms with E-state index in [4.69, 9.17) is 5.11 Å². The number of benzene rings is 2. The van der Waals surface area contributed by atoms with Crippen molar-refractivity contribution < 1.29 is 18.3 Å². The second-order valence-corrected chi connectivity index (χ2v) is 5.16. The van der Waals surface area contributed by atoms with Crippen molar-refractivity contribution in [2.45, 2.75) is 25.6 Å². The Balaban J connectivity index is 2.03. The second-order valence-electron chi connectivity index (χ2n) is 5.16. The predicted molar refractivity (Wildman–Crippen MR) is 80.7 cm³/mol. The molecule has 0 bridgehead atoms. The third kappa shape index (κ3) is 4.24. The first-order valence-corrected chi connectivity index (χ1v) is 7.03. The smallest absolute Gasteiger partial charge is 0.396 e. The molecule has 0 fully saturated rings. The molecule has 2 aromatic rings. The van der Waals surface area contributed by atoms with Crippen LogP contribution < -0.4 is 5.32 Å². The van der Waals surface area contributed by atoms with Crippen LogP contribution in [0.5, 0.6) is 0 Å². The van der Waals surface area contributed by atoms with E-state index in [1.165, 1.54) is 12.1 Å². The first-order valence-electron chi connectivity index (χ1n) is 7.03. The molecule has 0 spiro atoms. The summed E-state index contributed by atoms with van der Waals surface area (Å²) in [6, 6.07) is 12.7. The van der Waals surface area contributed by atoms with Crippen molar-refractivity contribution in [2.24, 2.45) is 0 Å². The lowest BCUT2D eigenvalue weighted by molar-refractivity contribution is -0.137. The first-order chi connectivity index (χ1) is 10.4. The lowest BCUT2D eigenvalue weighted by Gasteiger charge is -2.17. The van der Waals surface area contributed by atoms with Crippen LogP contribution in [0, 0.1) is 0 Å². The Hall–Kier alpha value is -2.01. The third-order valence-corrected chi connectivity index (χ3v) is 3.48. The van der Waals surface area contributed by atoms with Gasteiger partial charge in [0.25, 0.3) is 0 Å². The molecule has 0 heterocycles. The fraction of sp³-hybridized carbons (Fsp3) is 0.294. The minimum atomic E-state index is -4.31. The van der Waals surface area contributed by atoms with Crippen molar-refractivity contribution in [1.29, 1.82) is 0 Å². The Morgan fingerprint density at radius 3 is 2.09 bits per heavy atom. The molecule has 2 rings (SSSR count). The zero-order valence-electron chi connectivity index (χ0n) is 12.2. The van der Waals surface area contributed by atoms with Crippen molar-refractivity contribution >= 4 is 5.69 Å². The van der Waals surface area contributed by atoms with E-state index in [1.54, 1.807) is 0 Å². The number of anilines is 1. The molecule has 22 heavy (non-hydrogen) atoms. The normalized spacial score (nSPS) is 13.0. The van der Waals surface area contributed by atoms with Gasteiger partial charge >= 0.3 is 6.18 Å². The number of halogens is 3. The molecule has 0 aliphatic rings. The summed E-state index contributed by atoms with van der Waals surface area (Å²) in [5.41, 5.74) is 2.06. The molecule has 0 amide bonds. The van der Waals surface area contributed by atoms with Crippen LogP contribution in [0.2, 0.25) is 0 Å². The Morgan fingerprint density at radius 1 is 1.00 bits per heavy atom. The summed E-state index contributed by atoms with van der Waals surface area (Å²) in [5.74, 6) is 0. The predicted octanol–water partition coefficient (Wildman–Crippen LogP) is 4.41. The maximum Gasteiger partial charge on any atom is 0.416 e. The van der Waals surface area contributed by atoms with E-state index in [9.17, 15) is 13.2 Å². The van der Waals surface area contributed by atoms with Crippen LogP contribution in [0.1, 0.15) is 29.7 Å². The summed E-state index contributed by atoms with van der Waals surface area (Å²) in [7, 11) is 0. The third-order valence-electron chi connectivity index (χ3n) is 3.48. The minimum Gasteiger partial charge on any atom is -0.396 e. The van der Waals surface area contributed by atoms with Gasteiger partial charge in [0, 0.05) is 18.3 Å². The molecule has 118 valence electrons. The Labute approximate surface area is 127 Å². The molecular weight excluding hydrogens is 291 g/mol. The number of aliphatic hydroxyl groups is 1. The van der Waals surface area contributed by atoms with E-state index < -0.39 is 11.7 Å². The van der Waals surface area contributed by atoms with Gasteiger partial charge in [-0.3, -0.25) is 0 Å². The standard InChI is InChI=1S/C17H18F3NO/c1-12(14-4-6-15(7-5-14)17(18,19)20)21-16-8-2-13(3-9-16)10-11-22/h2-9,12,21-22H,10-11H2,1H3. The average Bonchev–Trinajstić information content (AvgIpc) is 2.49. The van der Waals surface area contributed by atoms with Gasteiger partial charge in [0.1, 0.15) is 0 Å². The summed E-state index contributed by atoms with van der Waals surface area (Å²) in [6.07, 6.45) is -3.70. The highest BCUT2D eigenvalue weighted by atomic mass is 19.4. The van der Waals surface area contributed by atoms with Crippen LogP contribution in [0.25, 0.3) is 0 Å². The van der Waals surface area contributed by atoms with Gasteiger partial charge in [-0.25, -0.2) is 0 Å². The van der Waals surface area contributed by atoms with Gasteiger partial charge in [-0.1, -0.05) is 24.3 Å². The molecule has 5 heteroatoms. The van der Waals surface area contributed by atoms with Crippen molar-refractivity contribution in [3.8, 4) is 0 Å². The van der Waals surface area contributed by atoms with Gasteiger partial charge in [-0.2, -0.15) is 13.2 Å². The Kier molecular flexibility index (Phi) is 5.08. The van der Waals surface area contributed by atoms with Crippen LogP contribution in [0.3, 0.4) is 0 Å². The van der Waals surface area contributed by atoms with Gasteiger partial charge in [-0.05, 0) is 48.7 Å². The molecule has 2 aromatic carbocycles. The SMILES string of the molecule is CC(Nc1ccc(CCO)cc1)c1ccc(C(F)(F)F)cc1. The lowest BCUT2D eigenvalue weighted by atomic mass is 10.1. The first kappa shape index (κ1) is 16.4. The van der Waals surface area contributed by atoms with Crippen LogP contribution >= 0.6 is 0 Å². The van der Waals surface area contributed by atoms with Crippen LogP contribution in [-0.4, -0.2) is 11.7 Å². The van der Waals surface area contributed by atoms with E-state index in [-0.39, 0.29) is 12.6 Å². The quantitative estimate of drug-likeness (QED) is 0.857. The molecule has 1 unspecified atom stereocenters. The maximum atomic E-state index is 12.5. The van der Waals surface area contributed by atoms with Gasteiger partial charge in [0.15, 0.2) is 0 Å². The van der Waals surface area contributed by atoms with Crippen LogP contribution in [0.4, 0.5) is 18.9 Å². The number of nitrogens with one attached hydrogen (secondary N) is 1. The molecule has 0 aliphatic carbocycles. The number of hydrogen-bond donors (Lipinski definition) is 2. The monoisotopic (exact) mass is 309 g/mol. The van der Waals surface area contributed by atoms with Crippen LogP contribution in [0.15, 0.2) is 48.5 Å². The van der Waals surface area contributed by atoms with Gasteiger partial charge in [-0.15, -0.1) is 0 Å². The molecular formula is C17H18F3NO. The van der Waals surface area contributed by atoms with Crippen LogP contribution in [-0.2, 0) is 12.6 Å². The molecule has 1 atom stereocenters. The summed E-state index contributed by atoms with van der Waals surface area (Å²) in [6.45, 7) is 2.00. The van der Waals surface area contributed by atoms with E-state index in [2.05, 4.69) is 5.32 Å². The van der Waals surface area contributed by atoms with Gasteiger partial charge in [0.05, 0.1) is 5.56 Å².